The predicted molar refractivity (Wildman–Crippen MR) is 84.2 cm³/mol. The lowest BCUT2D eigenvalue weighted by atomic mass is 10.1. The first kappa shape index (κ1) is 15.2. The molecule has 1 aliphatic heterocycles. The Labute approximate surface area is 135 Å². The number of carbonyl (C=O) groups excluding carboxylic acids is 1. The normalized spacial score (nSPS) is 17.2. The number of amides is 1. The van der Waals surface area contributed by atoms with Crippen LogP contribution >= 0.6 is 0 Å². The molecule has 1 amide bonds. The van der Waals surface area contributed by atoms with Crippen LogP contribution < -0.4 is 0 Å². The van der Waals surface area contributed by atoms with Crippen LogP contribution in [0.25, 0.3) is 0 Å². The Balaban J connectivity index is 1.55. The summed E-state index contributed by atoms with van der Waals surface area (Å²) in [6.07, 6.45) is 6.55. The van der Waals surface area contributed by atoms with Gasteiger partial charge in [-0.1, -0.05) is 12.1 Å². The lowest BCUT2D eigenvalue weighted by molar-refractivity contribution is -0.132. The van der Waals surface area contributed by atoms with Gasteiger partial charge >= 0.3 is 0 Å². The first-order valence-electron chi connectivity index (χ1n) is 7.89. The third kappa shape index (κ3) is 3.75. The summed E-state index contributed by atoms with van der Waals surface area (Å²) < 4.78 is 0. The van der Waals surface area contributed by atoms with Crippen LogP contribution in [-0.4, -0.2) is 38.4 Å². The zero-order valence-electron chi connectivity index (χ0n) is 12.9. The van der Waals surface area contributed by atoms with Crippen molar-refractivity contribution in [2.75, 3.05) is 6.54 Å². The van der Waals surface area contributed by atoms with Gasteiger partial charge in [0, 0.05) is 13.0 Å². The lowest BCUT2D eigenvalue weighted by Gasteiger charge is -2.24. The molecule has 1 aromatic heterocycles. The molecule has 23 heavy (non-hydrogen) atoms. The fraction of sp³-hybridized carbons (Fsp3) is 0.412. The number of aryl methyl sites for hydroxylation is 1. The molecule has 6 nitrogen and oxygen atoms in total. The van der Waals surface area contributed by atoms with Crippen LogP contribution in [-0.2, 0) is 17.8 Å². The summed E-state index contributed by atoms with van der Waals surface area (Å²) >= 11 is 0. The molecule has 118 valence electrons. The van der Waals surface area contributed by atoms with Gasteiger partial charge in [-0.25, -0.2) is 0 Å². The van der Waals surface area contributed by atoms with Crippen molar-refractivity contribution in [1.82, 2.24) is 19.9 Å². The molecule has 1 fully saturated rings. The molecule has 1 unspecified atom stereocenters. The van der Waals surface area contributed by atoms with E-state index in [2.05, 4.69) is 16.3 Å². The summed E-state index contributed by atoms with van der Waals surface area (Å²) in [6, 6.07) is 9.71. The number of nitrogens with zero attached hydrogens (tertiary/aromatic N) is 5. The molecule has 0 saturated carbocycles. The number of hydrogen-bond donors (Lipinski definition) is 0. The van der Waals surface area contributed by atoms with Crippen LogP contribution in [0.3, 0.4) is 0 Å². The number of carbonyl (C=O) groups is 1. The monoisotopic (exact) mass is 309 g/mol. The van der Waals surface area contributed by atoms with E-state index in [1.54, 1.807) is 29.3 Å². The smallest absolute Gasteiger partial charge is 0.223 e. The van der Waals surface area contributed by atoms with Crippen LogP contribution in [0.5, 0.6) is 0 Å². The summed E-state index contributed by atoms with van der Waals surface area (Å²) in [5.41, 5.74) is 1.73. The Morgan fingerprint density at radius 2 is 2.00 bits per heavy atom. The quantitative estimate of drug-likeness (QED) is 0.843. The fourth-order valence-corrected chi connectivity index (χ4v) is 3.02. The Morgan fingerprint density at radius 3 is 2.70 bits per heavy atom. The maximum absolute atomic E-state index is 12.5. The van der Waals surface area contributed by atoms with Crippen LogP contribution in [0, 0.1) is 11.3 Å². The van der Waals surface area contributed by atoms with E-state index in [4.69, 9.17) is 5.26 Å². The van der Waals surface area contributed by atoms with Gasteiger partial charge in [-0.2, -0.15) is 20.3 Å². The third-order valence-electron chi connectivity index (χ3n) is 4.25. The fourth-order valence-electron chi connectivity index (χ4n) is 3.02. The van der Waals surface area contributed by atoms with E-state index in [1.165, 1.54) is 0 Å². The van der Waals surface area contributed by atoms with Gasteiger partial charge in [0.15, 0.2) is 0 Å². The highest BCUT2D eigenvalue weighted by Gasteiger charge is 2.28. The van der Waals surface area contributed by atoms with Crippen LogP contribution in [0.4, 0.5) is 0 Å². The molecule has 1 aliphatic rings. The average molecular weight is 309 g/mol. The van der Waals surface area contributed by atoms with Crippen molar-refractivity contribution >= 4 is 5.91 Å². The van der Waals surface area contributed by atoms with E-state index in [9.17, 15) is 4.79 Å². The van der Waals surface area contributed by atoms with Crippen molar-refractivity contribution in [3.63, 3.8) is 0 Å². The molecule has 2 aromatic rings. The van der Waals surface area contributed by atoms with E-state index < -0.39 is 0 Å². The number of aromatic nitrogens is 3. The number of benzene rings is 1. The van der Waals surface area contributed by atoms with Gasteiger partial charge in [0.1, 0.15) is 0 Å². The van der Waals surface area contributed by atoms with Gasteiger partial charge in [-0.15, -0.1) is 0 Å². The largest absolute Gasteiger partial charge is 0.338 e. The van der Waals surface area contributed by atoms with Crippen molar-refractivity contribution in [3.05, 3.63) is 47.8 Å². The molecular weight excluding hydrogens is 290 g/mol. The second-order valence-corrected chi connectivity index (χ2v) is 5.78. The Hall–Kier alpha value is -2.68. The molecule has 0 spiro atoms. The van der Waals surface area contributed by atoms with Gasteiger partial charge in [0.05, 0.1) is 36.6 Å². The minimum atomic E-state index is 0.184. The second kappa shape index (κ2) is 7.05. The summed E-state index contributed by atoms with van der Waals surface area (Å²) in [6.45, 7) is 1.48. The van der Waals surface area contributed by atoms with Gasteiger partial charge in [-0.3, -0.25) is 4.79 Å². The molecule has 0 aliphatic carbocycles. The first-order valence-corrected chi connectivity index (χ1v) is 7.89. The van der Waals surface area contributed by atoms with Gasteiger partial charge in [0.2, 0.25) is 5.91 Å². The molecule has 3 rings (SSSR count). The maximum atomic E-state index is 12.5. The van der Waals surface area contributed by atoms with Gasteiger partial charge in [-0.05, 0) is 37.0 Å². The molecule has 2 heterocycles. The van der Waals surface area contributed by atoms with Gasteiger partial charge < -0.3 is 4.90 Å². The molecular formula is C17H19N5O. The molecule has 1 atom stereocenters. The number of nitriles is 1. The topological polar surface area (TPSA) is 74.8 Å². The van der Waals surface area contributed by atoms with E-state index >= 15 is 0 Å². The summed E-state index contributed by atoms with van der Waals surface area (Å²) in [4.78, 5) is 16.1. The van der Waals surface area contributed by atoms with Crippen LogP contribution in [0.15, 0.2) is 36.7 Å². The molecule has 6 heteroatoms. The van der Waals surface area contributed by atoms with Crippen molar-refractivity contribution < 1.29 is 4.79 Å². The number of hydrogen-bond acceptors (Lipinski definition) is 4. The average Bonchev–Trinajstić information content (AvgIpc) is 3.25. The van der Waals surface area contributed by atoms with E-state index in [0.717, 1.165) is 24.9 Å². The van der Waals surface area contributed by atoms with Crippen LogP contribution in [0.2, 0.25) is 0 Å². The third-order valence-corrected chi connectivity index (χ3v) is 4.25. The van der Waals surface area contributed by atoms with Gasteiger partial charge in [0.25, 0.3) is 0 Å². The summed E-state index contributed by atoms with van der Waals surface area (Å²) in [5, 5.41) is 17.1. The van der Waals surface area contributed by atoms with E-state index in [-0.39, 0.29) is 11.9 Å². The standard InChI is InChI=1S/C17H19N5O/c18-12-15-5-3-14(4-6-15)7-8-17(23)21-11-1-2-16(21)13-22-19-9-10-20-22/h3-6,9-10,16H,1-2,7-8,11,13H2. The minimum absolute atomic E-state index is 0.184. The zero-order valence-corrected chi connectivity index (χ0v) is 12.9. The van der Waals surface area contributed by atoms with Crippen molar-refractivity contribution in [2.24, 2.45) is 0 Å². The van der Waals surface area contributed by atoms with Crippen molar-refractivity contribution in [3.8, 4) is 6.07 Å². The minimum Gasteiger partial charge on any atom is -0.338 e. The summed E-state index contributed by atoms with van der Waals surface area (Å²) in [5.74, 6) is 0.184. The van der Waals surface area contributed by atoms with Crippen LogP contribution in [0.1, 0.15) is 30.4 Å². The van der Waals surface area contributed by atoms with Crippen molar-refractivity contribution in [1.29, 1.82) is 5.26 Å². The summed E-state index contributed by atoms with van der Waals surface area (Å²) in [7, 11) is 0. The number of rotatable bonds is 5. The Bertz CT molecular complexity index is 687. The SMILES string of the molecule is N#Cc1ccc(CCC(=O)N2CCCC2Cn2nccn2)cc1. The second-order valence-electron chi connectivity index (χ2n) is 5.78. The Morgan fingerprint density at radius 1 is 1.26 bits per heavy atom. The molecule has 0 radical (unpaired) electrons. The highest BCUT2D eigenvalue weighted by atomic mass is 16.2. The molecule has 1 saturated heterocycles. The predicted octanol–water partition coefficient (Wildman–Crippen LogP) is 1.77. The first-order chi connectivity index (χ1) is 11.3. The lowest BCUT2D eigenvalue weighted by Crippen LogP contribution is -2.38. The highest BCUT2D eigenvalue weighted by Crippen LogP contribution is 2.20. The zero-order chi connectivity index (χ0) is 16.1. The van der Waals surface area contributed by atoms with Crippen molar-refractivity contribution in [2.45, 2.75) is 38.3 Å². The molecule has 0 bridgehead atoms. The Kier molecular flexibility index (Phi) is 4.67. The molecule has 1 aromatic carbocycles. The number of likely N-dealkylation sites (tertiary alicyclic amines) is 1. The van der Waals surface area contributed by atoms with E-state index in [0.29, 0.717) is 24.9 Å². The highest BCUT2D eigenvalue weighted by molar-refractivity contribution is 5.77. The maximum Gasteiger partial charge on any atom is 0.223 e. The van der Waals surface area contributed by atoms with E-state index in [1.807, 2.05) is 17.0 Å². The molecule has 0 N–H and O–H groups in total.